The molecule has 4 heterocycles. The first-order valence-electron chi connectivity index (χ1n) is 17.9. The summed E-state index contributed by atoms with van der Waals surface area (Å²) in [5, 5.41) is 22.2. The van der Waals surface area contributed by atoms with Crippen molar-refractivity contribution in [2.24, 2.45) is 29.1 Å². The lowest BCUT2D eigenvalue weighted by Crippen LogP contribution is -2.59. The number of ether oxygens (including phenoxy) is 7. The average molecular weight is 683 g/mol. The van der Waals surface area contributed by atoms with E-state index in [1.54, 1.807) is 21.0 Å². The summed E-state index contributed by atoms with van der Waals surface area (Å²) in [7, 11) is 1.54. The maximum absolute atomic E-state index is 14.2. The minimum atomic E-state index is -1.01. The highest BCUT2D eigenvalue weighted by Crippen LogP contribution is 2.47. The summed E-state index contributed by atoms with van der Waals surface area (Å²) in [5.74, 6) is -2.05. The Morgan fingerprint density at radius 1 is 0.958 bits per heavy atom. The van der Waals surface area contributed by atoms with Crippen LogP contribution in [-0.4, -0.2) is 95.6 Å². The fourth-order valence-electron chi connectivity index (χ4n) is 8.58. The molecule has 11 heteroatoms. The number of aliphatic hydroxyl groups excluding tert-OH is 2. The number of ketones is 1. The number of allylic oxidation sites excluding steroid dienone is 1. The number of hydrogen-bond donors (Lipinski definition) is 2. The lowest BCUT2D eigenvalue weighted by atomic mass is 9.75. The number of rotatable bonds is 6. The minimum Gasteiger partial charge on any atom is -0.488 e. The Kier molecular flexibility index (Phi) is 11.9. The van der Waals surface area contributed by atoms with Gasteiger partial charge in [-0.3, -0.25) is 9.59 Å². The maximum atomic E-state index is 14.2. The third kappa shape index (κ3) is 7.39. The lowest BCUT2D eigenvalue weighted by Gasteiger charge is -2.48. The largest absolute Gasteiger partial charge is 0.488 e. The van der Waals surface area contributed by atoms with Crippen molar-refractivity contribution in [3.63, 3.8) is 0 Å². The van der Waals surface area contributed by atoms with Crippen LogP contribution in [0.4, 0.5) is 0 Å². The van der Waals surface area contributed by atoms with Gasteiger partial charge in [-0.05, 0) is 86.6 Å². The van der Waals surface area contributed by atoms with Crippen molar-refractivity contribution in [3.8, 4) is 0 Å². The molecule has 11 nitrogen and oxygen atoms in total. The maximum Gasteiger partial charge on any atom is 0.311 e. The van der Waals surface area contributed by atoms with Crippen LogP contribution in [0.1, 0.15) is 109 Å². The monoisotopic (exact) mass is 682 g/mol. The van der Waals surface area contributed by atoms with Gasteiger partial charge in [0.2, 0.25) is 0 Å². The van der Waals surface area contributed by atoms with E-state index in [2.05, 4.69) is 0 Å². The van der Waals surface area contributed by atoms with E-state index in [4.69, 9.17) is 33.2 Å². The van der Waals surface area contributed by atoms with Crippen molar-refractivity contribution in [3.05, 3.63) is 11.3 Å². The van der Waals surface area contributed by atoms with Crippen molar-refractivity contribution < 1.29 is 53.0 Å². The summed E-state index contributed by atoms with van der Waals surface area (Å²) in [6, 6.07) is 0. The van der Waals surface area contributed by atoms with Gasteiger partial charge in [-0.25, -0.2) is 0 Å². The number of hydrogen-bond acceptors (Lipinski definition) is 11. The van der Waals surface area contributed by atoms with E-state index in [0.29, 0.717) is 25.0 Å². The van der Waals surface area contributed by atoms with Crippen LogP contribution in [0.5, 0.6) is 0 Å². The molecule has 0 amide bonds. The second kappa shape index (κ2) is 14.6. The predicted octanol–water partition coefficient (Wildman–Crippen LogP) is 5.08. The van der Waals surface area contributed by atoms with E-state index in [-0.39, 0.29) is 24.2 Å². The zero-order valence-electron chi connectivity index (χ0n) is 31.4. The summed E-state index contributed by atoms with van der Waals surface area (Å²) in [6.07, 6.45) is -4.85. The van der Waals surface area contributed by atoms with E-state index in [1.807, 2.05) is 69.2 Å². The smallest absolute Gasteiger partial charge is 0.311 e. The number of carbonyl (C=O) groups is 2. The normalized spacial score (nSPS) is 47.4. The van der Waals surface area contributed by atoms with E-state index in [1.165, 1.54) is 0 Å². The number of Topliss-reactive ketones (excluding diaryl/α,β-unsaturated/α-hetero) is 1. The molecule has 0 saturated carbocycles. The molecule has 15 atom stereocenters. The minimum absolute atomic E-state index is 0.0707. The van der Waals surface area contributed by atoms with Crippen LogP contribution in [-0.2, 0) is 42.7 Å². The van der Waals surface area contributed by atoms with Gasteiger partial charge >= 0.3 is 5.97 Å². The zero-order chi connectivity index (χ0) is 36.1. The van der Waals surface area contributed by atoms with Crippen LogP contribution in [0, 0.1) is 29.1 Å². The molecule has 2 bridgehead atoms. The molecule has 0 aliphatic carbocycles. The average Bonchev–Trinajstić information content (AvgIpc) is 3.34. The van der Waals surface area contributed by atoms with Gasteiger partial charge < -0.3 is 43.4 Å². The van der Waals surface area contributed by atoms with Gasteiger partial charge in [0, 0.05) is 25.9 Å². The first-order chi connectivity index (χ1) is 22.2. The summed E-state index contributed by atoms with van der Waals surface area (Å²) in [6.45, 7) is 22.5. The fourth-order valence-corrected chi connectivity index (χ4v) is 8.58. The van der Waals surface area contributed by atoms with Gasteiger partial charge in [0.15, 0.2) is 18.4 Å². The van der Waals surface area contributed by atoms with E-state index >= 15 is 0 Å². The Labute approximate surface area is 287 Å². The van der Waals surface area contributed by atoms with Gasteiger partial charge in [-0.2, -0.15) is 0 Å². The van der Waals surface area contributed by atoms with Crippen molar-refractivity contribution in [1.29, 1.82) is 0 Å². The SMILES string of the molecule is CCC1OC(=O)C(C)C(OC2C[C@@](C)(OC)[C@@H](O)C(C)O2)C(C)[C@@H](OC2OC(C)CC(C)[C@H]2O)C2(C)CC(C)=C(O2)[C@H](C)C(=O)C1(C)C. The molecular weight excluding hydrogens is 620 g/mol. The van der Waals surface area contributed by atoms with Gasteiger partial charge in [0.05, 0.1) is 41.2 Å². The highest BCUT2D eigenvalue weighted by Gasteiger charge is 2.55. The summed E-state index contributed by atoms with van der Waals surface area (Å²) in [5.41, 5.74) is -2.03. The van der Waals surface area contributed by atoms with Crippen molar-refractivity contribution in [2.75, 3.05) is 7.11 Å². The van der Waals surface area contributed by atoms with Crippen molar-refractivity contribution in [1.82, 2.24) is 0 Å². The van der Waals surface area contributed by atoms with Crippen LogP contribution in [0.25, 0.3) is 0 Å². The summed E-state index contributed by atoms with van der Waals surface area (Å²) >= 11 is 0. The van der Waals surface area contributed by atoms with Crippen molar-refractivity contribution >= 4 is 11.8 Å². The molecule has 276 valence electrons. The van der Waals surface area contributed by atoms with Gasteiger partial charge in [-0.15, -0.1) is 0 Å². The van der Waals surface area contributed by atoms with Crippen LogP contribution in [0.3, 0.4) is 0 Å². The van der Waals surface area contributed by atoms with Crippen LogP contribution < -0.4 is 0 Å². The second-order valence-electron chi connectivity index (χ2n) is 16.1. The molecule has 0 spiro atoms. The molecule has 4 rings (SSSR count). The van der Waals surface area contributed by atoms with E-state index in [9.17, 15) is 19.8 Å². The Morgan fingerprint density at radius 2 is 1.60 bits per heavy atom. The quantitative estimate of drug-likeness (QED) is 0.363. The Balaban J connectivity index is 1.83. The topological polar surface area (TPSA) is 139 Å². The Bertz CT molecular complexity index is 1200. The molecule has 0 radical (unpaired) electrons. The number of carbonyl (C=O) groups excluding carboxylic acids is 2. The first kappa shape index (κ1) is 39.2. The molecule has 0 aromatic heterocycles. The predicted molar refractivity (Wildman–Crippen MR) is 177 cm³/mol. The summed E-state index contributed by atoms with van der Waals surface area (Å²) in [4.78, 5) is 28.3. The highest BCUT2D eigenvalue weighted by atomic mass is 16.7. The molecule has 0 aromatic rings. The molecule has 2 N–H and O–H groups in total. The Morgan fingerprint density at radius 3 is 2.21 bits per heavy atom. The molecular formula is C37H62O11. The highest BCUT2D eigenvalue weighted by molar-refractivity contribution is 5.89. The molecule has 4 aliphatic heterocycles. The third-order valence-electron chi connectivity index (χ3n) is 11.7. The van der Waals surface area contributed by atoms with E-state index < -0.39 is 89.5 Å². The molecule has 48 heavy (non-hydrogen) atoms. The lowest BCUT2D eigenvalue weighted by molar-refractivity contribution is -0.316. The van der Waals surface area contributed by atoms with Gasteiger partial charge in [-0.1, -0.05) is 20.8 Å². The number of aliphatic hydroxyl groups is 2. The second-order valence-corrected chi connectivity index (χ2v) is 16.1. The number of methoxy groups -OCH3 is 1. The standard InChI is InChI=1S/C37H62O11/c1-14-25-35(9,10)30(39)21(5)28-19(3)16-37(12,48-28)32(47-34-27(38)18(2)15-20(4)43-34)22(6)29(23(7)33(41)45-25)46-26-17-36(11,42-13)31(40)24(8)44-26/h18,20-27,29,31-32,34,38,40H,14-17H2,1-13H3/t18?,20?,21-,22?,23?,24?,25?,26?,27+,29?,31-,32+,34?,36+,37?/m0/s1. The molecule has 3 saturated heterocycles. The molecule has 4 aliphatic rings. The first-order valence-corrected chi connectivity index (χ1v) is 17.9. The molecule has 3 fully saturated rings. The number of fused-ring (bicyclic) bond motifs is 2. The zero-order valence-corrected chi connectivity index (χ0v) is 31.4. The fraction of sp³-hybridized carbons (Fsp3) is 0.892. The third-order valence-corrected chi connectivity index (χ3v) is 11.7. The molecule has 10 unspecified atom stereocenters. The van der Waals surface area contributed by atoms with E-state index in [0.717, 1.165) is 5.57 Å². The molecule has 0 aromatic carbocycles. The summed E-state index contributed by atoms with van der Waals surface area (Å²) < 4.78 is 44.7. The Hall–Kier alpha value is -1.60. The van der Waals surface area contributed by atoms with Crippen LogP contribution in [0.15, 0.2) is 11.3 Å². The van der Waals surface area contributed by atoms with Crippen molar-refractivity contribution in [2.45, 2.75) is 175 Å². The van der Waals surface area contributed by atoms with Gasteiger partial charge in [0.25, 0.3) is 0 Å². The van der Waals surface area contributed by atoms with Crippen LogP contribution in [0.2, 0.25) is 0 Å². The number of esters is 1. The number of cyclic esters (lactones) is 1. The van der Waals surface area contributed by atoms with Gasteiger partial charge in [0.1, 0.15) is 35.8 Å². The van der Waals surface area contributed by atoms with Crippen LogP contribution >= 0.6 is 0 Å².